The highest BCUT2D eigenvalue weighted by molar-refractivity contribution is 7.80. The number of nitrogens with zero attached hydrogens (tertiary/aromatic N) is 2. The zero-order chi connectivity index (χ0) is 20.4. The zero-order valence-electron chi connectivity index (χ0n) is 15.4. The molecule has 144 valence electrons. The highest BCUT2D eigenvalue weighted by atomic mass is 32.1. The van der Waals surface area contributed by atoms with E-state index in [9.17, 15) is 20.2 Å². The van der Waals surface area contributed by atoms with Crippen LogP contribution < -0.4 is 10.6 Å². The Labute approximate surface area is 171 Å². The smallest absolute Gasteiger partial charge is 0.273 e. The second kappa shape index (κ2) is 8.04. The van der Waals surface area contributed by atoms with Crippen LogP contribution in [-0.4, -0.2) is 15.9 Å². The predicted octanol–water partition coefficient (Wildman–Crippen LogP) is 4.09. The molecule has 0 fully saturated rings. The summed E-state index contributed by atoms with van der Waals surface area (Å²) in [6.07, 6.45) is 2.84. The van der Waals surface area contributed by atoms with Gasteiger partial charge in [0.15, 0.2) is 5.11 Å². The quantitative estimate of drug-likeness (QED) is 0.445. The Morgan fingerprint density at radius 3 is 2.89 bits per heavy atom. The van der Waals surface area contributed by atoms with Crippen LogP contribution in [0.15, 0.2) is 18.2 Å². The molecule has 1 aliphatic carbocycles. The number of nitriles is 1. The van der Waals surface area contributed by atoms with E-state index in [1.807, 2.05) is 0 Å². The number of thiophene rings is 1. The molecular formula is C19H18N4O3S2. The largest absolute Gasteiger partial charge is 0.323 e. The lowest BCUT2D eigenvalue weighted by atomic mass is 9.89. The number of nitro benzene ring substituents is 1. The average Bonchev–Trinajstić information content (AvgIpc) is 2.96. The fourth-order valence-corrected chi connectivity index (χ4v) is 4.95. The molecule has 1 aromatic carbocycles. The van der Waals surface area contributed by atoms with E-state index in [1.54, 1.807) is 0 Å². The van der Waals surface area contributed by atoms with Crippen molar-refractivity contribution in [3.63, 3.8) is 0 Å². The lowest BCUT2D eigenvalue weighted by Crippen LogP contribution is -2.34. The molecule has 1 heterocycles. The Hall–Kier alpha value is -2.83. The van der Waals surface area contributed by atoms with Gasteiger partial charge in [0.2, 0.25) is 0 Å². The minimum atomic E-state index is -0.535. The van der Waals surface area contributed by atoms with Gasteiger partial charge in [-0.2, -0.15) is 5.26 Å². The monoisotopic (exact) mass is 414 g/mol. The van der Waals surface area contributed by atoms with Crippen molar-refractivity contribution in [1.29, 1.82) is 5.26 Å². The number of anilines is 1. The number of nitro groups is 1. The summed E-state index contributed by atoms with van der Waals surface area (Å²) in [7, 11) is 0. The third-order valence-electron chi connectivity index (χ3n) is 4.82. The van der Waals surface area contributed by atoms with Crippen molar-refractivity contribution >= 4 is 45.3 Å². The van der Waals surface area contributed by atoms with E-state index >= 15 is 0 Å². The fourth-order valence-electron chi connectivity index (χ4n) is 3.33. The van der Waals surface area contributed by atoms with Crippen LogP contribution in [-0.2, 0) is 12.8 Å². The van der Waals surface area contributed by atoms with Crippen LogP contribution in [0.3, 0.4) is 0 Å². The van der Waals surface area contributed by atoms with E-state index in [4.69, 9.17) is 12.2 Å². The molecule has 7 nitrogen and oxygen atoms in total. The summed E-state index contributed by atoms with van der Waals surface area (Å²) in [6, 6.07) is 6.55. The van der Waals surface area contributed by atoms with Crippen molar-refractivity contribution in [2.45, 2.75) is 33.1 Å². The number of nitrogens with one attached hydrogen (secondary N) is 2. The maximum atomic E-state index is 12.5. The third kappa shape index (κ3) is 3.88. The molecule has 2 N–H and O–H groups in total. The molecule has 1 atom stereocenters. The van der Waals surface area contributed by atoms with E-state index in [1.165, 1.54) is 41.3 Å². The molecule has 9 heteroatoms. The van der Waals surface area contributed by atoms with Gasteiger partial charge in [0.05, 0.1) is 10.5 Å². The summed E-state index contributed by atoms with van der Waals surface area (Å²) >= 11 is 6.72. The van der Waals surface area contributed by atoms with Crippen LogP contribution in [0.4, 0.5) is 10.7 Å². The summed E-state index contributed by atoms with van der Waals surface area (Å²) in [6.45, 7) is 3.71. The number of thiocarbonyl (C=S) groups is 1. The first-order valence-electron chi connectivity index (χ1n) is 8.72. The summed E-state index contributed by atoms with van der Waals surface area (Å²) in [5, 5.41) is 26.8. The molecule has 0 saturated heterocycles. The lowest BCUT2D eigenvalue weighted by Gasteiger charge is -2.17. The van der Waals surface area contributed by atoms with Crippen LogP contribution in [0.2, 0.25) is 0 Å². The molecule has 28 heavy (non-hydrogen) atoms. The molecule has 0 aliphatic heterocycles. The number of benzene rings is 1. The summed E-state index contributed by atoms with van der Waals surface area (Å²) in [5.74, 6) is 0.0428. The Balaban J connectivity index is 1.77. The second-order valence-corrected chi connectivity index (χ2v) is 8.30. The molecule has 0 radical (unpaired) electrons. The Bertz CT molecular complexity index is 1020. The van der Waals surface area contributed by atoms with Gasteiger partial charge in [-0.05, 0) is 56.0 Å². The average molecular weight is 415 g/mol. The summed E-state index contributed by atoms with van der Waals surface area (Å²) < 4.78 is 0. The maximum Gasteiger partial charge on any atom is 0.273 e. The Morgan fingerprint density at radius 1 is 1.46 bits per heavy atom. The van der Waals surface area contributed by atoms with Gasteiger partial charge >= 0.3 is 0 Å². The molecule has 0 saturated carbocycles. The highest BCUT2D eigenvalue weighted by Gasteiger charge is 2.25. The molecule has 0 spiro atoms. The first-order valence-corrected chi connectivity index (χ1v) is 9.95. The molecule has 2 aromatic rings. The normalized spacial score (nSPS) is 15.2. The molecule has 1 aliphatic rings. The van der Waals surface area contributed by atoms with Crippen LogP contribution in [0, 0.1) is 34.3 Å². The van der Waals surface area contributed by atoms with Crippen molar-refractivity contribution in [2.24, 2.45) is 5.92 Å². The number of carbonyl (C=O) groups excluding carboxylic acids is 1. The van der Waals surface area contributed by atoms with Crippen molar-refractivity contribution in [2.75, 3.05) is 5.32 Å². The number of hydrogen-bond acceptors (Lipinski definition) is 6. The van der Waals surface area contributed by atoms with Gasteiger partial charge < -0.3 is 5.32 Å². The Kier molecular flexibility index (Phi) is 5.72. The lowest BCUT2D eigenvalue weighted by molar-refractivity contribution is -0.385. The third-order valence-corrected chi connectivity index (χ3v) is 6.20. The van der Waals surface area contributed by atoms with E-state index in [2.05, 4.69) is 23.6 Å². The number of amides is 1. The number of carbonyl (C=O) groups is 1. The Morgan fingerprint density at radius 2 is 2.21 bits per heavy atom. The summed E-state index contributed by atoms with van der Waals surface area (Å²) in [5.41, 5.74) is 1.97. The second-order valence-electron chi connectivity index (χ2n) is 6.78. The van der Waals surface area contributed by atoms with Gasteiger partial charge in [0, 0.05) is 22.1 Å². The van der Waals surface area contributed by atoms with Crippen LogP contribution >= 0.6 is 23.6 Å². The van der Waals surface area contributed by atoms with Gasteiger partial charge in [-0.15, -0.1) is 11.3 Å². The SMILES string of the molecule is Cc1c(C(=O)NC(=S)Nc2sc3c(c2C#N)CC[C@H](C)C3)cccc1[N+](=O)[O-]. The number of hydrogen-bond donors (Lipinski definition) is 2. The predicted molar refractivity (Wildman–Crippen MR) is 112 cm³/mol. The van der Waals surface area contributed by atoms with Crippen LogP contribution in [0.5, 0.6) is 0 Å². The topological polar surface area (TPSA) is 108 Å². The first kappa shape index (κ1) is 19.9. The molecule has 0 bridgehead atoms. The standard InChI is InChI=1S/C19H18N4O3S2/c1-10-6-7-13-14(9-20)18(28-16(13)8-10)22-19(27)21-17(24)12-4-3-5-15(11(12)2)23(25)26/h3-5,10H,6-8H2,1-2H3,(H2,21,22,24,27)/t10-/m0/s1. The van der Waals surface area contributed by atoms with Crippen LogP contribution in [0.1, 0.15) is 45.3 Å². The van der Waals surface area contributed by atoms with E-state index in [-0.39, 0.29) is 21.9 Å². The van der Waals surface area contributed by atoms with Gasteiger partial charge in [0.1, 0.15) is 11.1 Å². The van der Waals surface area contributed by atoms with Crippen molar-refractivity contribution in [1.82, 2.24) is 5.32 Å². The zero-order valence-corrected chi connectivity index (χ0v) is 17.0. The fraction of sp³-hybridized carbons (Fsp3) is 0.316. The van der Waals surface area contributed by atoms with Crippen molar-refractivity contribution in [3.05, 3.63) is 55.4 Å². The molecule has 3 rings (SSSR count). The molecule has 1 aromatic heterocycles. The minimum absolute atomic E-state index is 0.0547. The molecular weight excluding hydrogens is 396 g/mol. The minimum Gasteiger partial charge on any atom is -0.323 e. The van der Waals surface area contributed by atoms with Gasteiger partial charge in [-0.1, -0.05) is 13.0 Å². The van der Waals surface area contributed by atoms with E-state index in [0.29, 0.717) is 16.5 Å². The molecule has 0 unspecified atom stereocenters. The van der Waals surface area contributed by atoms with E-state index < -0.39 is 10.8 Å². The summed E-state index contributed by atoms with van der Waals surface area (Å²) in [4.78, 5) is 24.2. The number of fused-ring (bicyclic) bond motifs is 1. The van der Waals surface area contributed by atoms with Crippen molar-refractivity contribution in [3.8, 4) is 6.07 Å². The number of rotatable bonds is 3. The van der Waals surface area contributed by atoms with Crippen LogP contribution in [0.25, 0.3) is 0 Å². The van der Waals surface area contributed by atoms with Crippen molar-refractivity contribution < 1.29 is 9.72 Å². The van der Waals surface area contributed by atoms with E-state index in [0.717, 1.165) is 24.8 Å². The first-order chi connectivity index (χ1) is 13.3. The highest BCUT2D eigenvalue weighted by Crippen LogP contribution is 2.39. The van der Waals surface area contributed by atoms with Gasteiger partial charge in [0.25, 0.3) is 11.6 Å². The maximum absolute atomic E-state index is 12.5. The molecule has 1 amide bonds. The van der Waals surface area contributed by atoms with Gasteiger partial charge in [-0.3, -0.25) is 20.2 Å². The van der Waals surface area contributed by atoms with Gasteiger partial charge in [-0.25, -0.2) is 0 Å².